The van der Waals surface area contributed by atoms with Gasteiger partial charge in [-0.1, -0.05) is 19.6 Å². The van der Waals surface area contributed by atoms with Gasteiger partial charge in [0.25, 0.3) is 0 Å². The summed E-state index contributed by atoms with van der Waals surface area (Å²) in [5, 5.41) is 0. The van der Waals surface area contributed by atoms with Crippen molar-refractivity contribution in [2.45, 2.75) is 19.3 Å². The fourth-order valence-corrected chi connectivity index (χ4v) is 3.19. The van der Waals surface area contributed by atoms with E-state index in [0.29, 0.717) is 41.1 Å². The van der Waals surface area contributed by atoms with Crippen molar-refractivity contribution in [3.05, 3.63) is 48.0 Å². The van der Waals surface area contributed by atoms with Gasteiger partial charge in [0.1, 0.15) is 6.61 Å². The summed E-state index contributed by atoms with van der Waals surface area (Å²) in [6.45, 7) is 6.19. The molecule has 2 aromatic rings. The fraction of sp³-hybridized carbons (Fsp3) is 0.391. The molecule has 0 fully saturated rings. The molecule has 0 saturated carbocycles. The second kappa shape index (κ2) is 10.5. The van der Waals surface area contributed by atoms with Crippen molar-refractivity contribution in [3.63, 3.8) is 0 Å². The summed E-state index contributed by atoms with van der Waals surface area (Å²) in [5.74, 6) is 3.84. The molecule has 0 aliphatic carbocycles. The first-order valence-electron chi connectivity index (χ1n) is 9.31. The predicted molar refractivity (Wildman–Crippen MR) is 113 cm³/mol. The van der Waals surface area contributed by atoms with Crippen LogP contribution >= 0.6 is 0 Å². The number of hydrogen-bond acceptors (Lipinski definition) is 6. The van der Waals surface area contributed by atoms with Crippen molar-refractivity contribution in [2.24, 2.45) is 0 Å². The molecule has 0 heterocycles. The Morgan fingerprint density at radius 3 is 1.66 bits per heavy atom. The van der Waals surface area contributed by atoms with Crippen molar-refractivity contribution in [3.8, 4) is 34.5 Å². The maximum Gasteiger partial charge on any atom is 0.203 e. The maximum absolute atomic E-state index is 5.72. The highest BCUT2D eigenvalue weighted by molar-refractivity contribution is 5.56. The Labute approximate surface area is 172 Å². The van der Waals surface area contributed by atoms with Crippen LogP contribution in [-0.2, 0) is 6.42 Å². The highest BCUT2D eigenvalue weighted by Crippen LogP contribution is 2.42. The Morgan fingerprint density at radius 1 is 0.759 bits per heavy atom. The maximum atomic E-state index is 5.72. The van der Waals surface area contributed by atoms with Crippen molar-refractivity contribution >= 4 is 0 Å². The van der Waals surface area contributed by atoms with Gasteiger partial charge in [-0.15, -0.1) is 0 Å². The number of hydrogen-bond donors (Lipinski definition) is 0. The van der Waals surface area contributed by atoms with Gasteiger partial charge in [0.2, 0.25) is 11.5 Å². The molecule has 0 aliphatic heterocycles. The topological polar surface area (TPSA) is 55.4 Å². The van der Waals surface area contributed by atoms with Crippen molar-refractivity contribution in [2.75, 3.05) is 42.2 Å². The summed E-state index contributed by atoms with van der Waals surface area (Å²) in [6, 6.07) is 7.88. The van der Waals surface area contributed by atoms with Gasteiger partial charge in [-0.3, -0.25) is 0 Å². The lowest BCUT2D eigenvalue weighted by molar-refractivity contribution is 0.300. The minimum atomic E-state index is 0.175. The van der Waals surface area contributed by atoms with Gasteiger partial charge >= 0.3 is 0 Å². The third kappa shape index (κ3) is 5.08. The summed E-state index contributed by atoms with van der Waals surface area (Å²) < 4.78 is 33.1. The van der Waals surface area contributed by atoms with Crippen molar-refractivity contribution < 1.29 is 28.4 Å². The van der Waals surface area contributed by atoms with Crippen LogP contribution in [0, 0.1) is 0 Å². The lowest BCUT2D eigenvalue weighted by Crippen LogP contribution is -2.04. The predicted octanol–water partition coefficient (Wildman–Crippen LogP) is 4.64. The Kier molecular flexibility index (Phi) is 8.07. The van der Waals surface area contributed by atoms with Crippen LogP contribution in [0.1, 0.15) is 24.0 Å². The molecule has 2 rings (SSSR count). The first kappa shape index (κ1) is 22.3. The van der Waals surface area contributed by atoms with Crippen LogP contribution in [-0.4, -0.2) is 42.2 Å². The fourth-order valence-electron chi connectivity index (χ4n) is 3.19. The lowest BCUT2D eigenvalue weighted by atomic mass is 9.92. The first-order valence-corrected chi connectivity index (χ1v) is 9.31. The number of rotatable bonds is 11. The highest BCUT2D eigenvalue weighted by atomic mass is 16.5. The minimum absolute atomic E-state index is 0.175. The molecule has 0 unspecified atom stereocenters. The SMILES string of the molecule is C=CCOc1c(OC)cc([C@H](C)Cc2cc(OC)c(OC)c(OC)c2)cc1OC. The van der Waals surface area contributed by atoms with E-state index < -0.39 is 0 Å². The molecule has 29 heavy (non-hydrogen) atoms. The molecule has 0 spiro atoms. The molecule has 0 aromatic heterocycles. The van der Waals surface area contributed by atoms with E-state index in [1.807, 2.05) is 24.3 Å². The van der Waals surface area contributed by atoms with Crippen LogP contribution in [0.2, 0.25) is 0 Å². The lowest BCUT2D eigenvalue weighted by Gasteiger charge is -2.19. The molecule has 6 heteroatoms. The molecule has 0 bridgehead atoms. The van der Waals surface area contributed by atoms with E-state index >= 15 is 0 Å². The summed E-state index contributed by atoms with van der Waals surface area (Å²) in [6.07, 6.45) is 2.44. The standard InChI is InChI=1S/C23H30O6/c1-8-9-29-23-20(26-5)13-17(14-21(23)27-6)15(2)10-16-11-18(24-3)22(28-7)19(12-16)25-4/h8,11-15H,1,9-10H2,2-7H3/t15-/m1/s1. The number of ether oxygens (including phenoxy) is 6. The van der Waals surface area contributed by atoms with Gasteiger partial charge in [-0.25, -0.2) is 0 Å². The first-order chi connectivity index (χ1) is 14.0. The van der Waals surface area contributed by atoms with Gasteiger partial charge in [-0.05, 0) is 47.7 Å². The molecule has 158 valence electrons. The smallest absolute Gasteiger partial charge is 0.203 e. The van der Waals surface area contributed by atoms with E-state index in [4.69, 9.17) is 28.4 Å². The Balaban J connectivity index is 2.37. The number of methoxy groups -OCH3 is 5. The summed E-state index contributed by atoms with van der Waals surface area (Å²) in [5.41, 5.74) is 2.13. The third-order valence-corrected chi connectivity index (χ3v) is 4.66. The molecule has 1 atom stereocenters. The summed E-state index contributed by atoms with van der Waals surface area (Å²) in [4.78, 5) is 0. The molecule has 6 nitrogen and oxygen atoms in total. The van der Waals surface area contributed by atoms with Crippen LogP contribution in [0.15, 0.2) is 36.9 Å². The Hall–Kier alpha value is -3.02. The Morgan fingerprint density at radius 2 is 1.24 bits per heavy atom. The molecule has 2 aromatic carbocycles. The largest absolute Gasteiger partial charge is 0.493 e. The van der Waals surface area contributed by atoms with Crippen molar-refractivity contribution in [1.82, 2.24) is 0 Å². The Bertz CT molecular complexity index is 780. The molecule has 0 amide bonds. The van der Waals surface area contributed by atoms with Crippen LogP contribution < -0.4 is 28.4 Å². The third-order valence-electron chi connectivity index (χ3n) is 4.66. The molecule has 0 radical (unpaired) electrons. The van der Waals surface area contributed by atoms with Gasteiger partial charge in [0.05, 0.1) is 35.5 Å². The second-order valence-electron chi connectivity index (χ2n) is 6.49. The normalized spacial score (nSPS) is 11.4. The zero-order chi connectivity index (χ0) is 21.4. The van der Waals surface area contributed by atoms with Crippen LogP contribution in [0.4, 0.5) is 0 Å². The number of benzene rings is 2. The molecular formula is C23H30O6. The van der Waals surface area contributed by atoms with Crippen LogP contribution in [0.5, 0.6) is 34.5 Å². The second-order valence-corrected chi connectivity index (χ2v) is 6.49. The van der Waals surface area contributed by atoms with E-state index in [1.54, 1.807) is 41.6 Å². The van der Waals surface area contributed by atoms with Gasteiger partial charge in [0.15, 0.2) is 23.0 Å². The van der Waals surface area contributed by atoms with E-state index in [0.717, 1.165) is 17.5 Å². The average Bonchev–Trinajstić information content (AvgIpc) is 2.75. The summed E-state index contributed by atoms with van der Waals surface area (Å²) >= 11 is 0. The average molecular weight is 402 g/mol. The zero-order valence-electron chi connectivity index (χ0n) is 18.0. The van der Waals surface area contributed by atoms with Crippen molar-refractivity contribution in [1.29, 1.82) is 0 Å². The van der Waals surface area contributed by atoms with E-state index in [1.165, 1.54) is 0 Å². The van der Waals surface area contributed by atoms with Crippen LogP contribution in [0.25, 0.3) is 0 Å². The molecule has 0 saturated heterocycles. The molecular weight excluding hydrogens is 372 g/mol. The zero-order valence-corrected chi connectivity index (χ0v) is 18.0. The van der Waals surface area contributed by atoms with Crippen LogP contribution in [0.3, 0.4) is 0 Å². The molecule has 0 N–H and O–H groups in total. The van der Waals surface area contributed by atoms with Gasteiger partial charge in [0, 0.05) is 0 Å². The van der Waals surface area contributed by atoms with E-state index in [2.05, 4.69) is 13.5 Å². The van der Waals surface area contributed by atoms with E-state index in [9.17, 15) is 0 Å². The monoisotopic (exact) mass is 402 g/mol. The molecule has 0 aliphatic rings. The van der Waals surface area contributed by atoms with E-state index in [-0.39, 0.29) is 5.92 Å². The van der Waals surface area contributed by atoms with Gasteiger partial charge < -0.3 is 28.4 Å². The summed E-state index contributed by atoms with van der Waals surface area (Å²) in [7, 11) is 8.05. The highest BCUT2D eigenvalue weighted by Gasteiger charge is 2.19. The minimum Gasteiger partial charge on any atom is -0.493 e. The quantitative estimate of drug-likeness (QED) is 0.511. The van der Waals surface area contributed by atoms with Gasteiger partial charge in [-0.2, -0.15) is 0 Å².